The first kappa shape index (κ1) is 11.0. The molecular weight excluding hydrogens is 216 g/mol. The standard InChI is InChI=1S/C18H16/c1-3-8-15(9-4-1)17-12-7-13-18(14-17)16-10-5-2-6-11-16/h1,3-5,7-14H,2,6H2. The van der Waals surface area contributed by atoms with Crippen LogP contribution in [0.5, 0.6) is 0 Å². The molecule has 3 rings (SSSR count). The fraction of sp³-hybridized carbons (Fsp3) is 0.111. The van der Waals surface area contributed by atoms with Crippen LogP contribution < -0.4 is 0 Å². The van der Waals surface area contributed by atoms with E-state index in [1.165, 1.54) is 28.7 Å². The minimum atomic E-state index is 1.15. The molecule has 0 atom stereocenters. The molecule has 0 N–H and O–H groups in total. The quantitative estimate of drug-likeness (QED) is 0.676. The fourth-order valence-corrected chi connectivity index (χ4v) is 2.34. The highest BCUT2D eigenvalue weighted by atomic mass is 14.1. The van der Waals surface area contributed by atoms with Crippen molar-refractivity contribution in [3.8, 4) is 11.1 Å². The molecule has 0 heterocycles. The highest BCUT2D eigenvalue weighted by Gasteiger charge is 2.03. The Kier molecular flexibility index (Phi) is 3.10. The van der Waals surface area contributed by atoms with Gasteiger partial charge in [-0.3, -0.25) is 0 Å². The summed E-state index contributed by atoms with van der Waals surface area (Å²) in [5.41, 5.74) is 5.22. The van der Waals surface area contributed by atoms with Gasteiger partial charge in [0.15, 0.2) is 0 Å². The summed E-state index contributed by atoms with van der Waals surface area (Å²) in [7, 11) is 0. The lowest BCUT2D eigenvalue weighted by Crippen LogP contribution is -1.87. The summed E-state index contributed by atoms with van der Waals surface area (Å²) in [5, 5.41) is 0. The molecular formula is C18H16. The summed E-state index contributed by atoms with van der Waals surface area (Å²) in [6, 6.07) is 19.3. The SMILES string of the molecule is C1=CC(c2cccc(-c3ccccc3)c2)=CCC1. The smallest absolute Gasteiger partial charge is 0.0178 e. The highest BCUT2D eigenvalue weighted by Crippen LogP contribution is 2.26. The maximum Gasteiger partial charge on any atom is -0.0178 e. The van der Waals surface area contributed by atoms with Crippen molar-refractivity contribution in [2.24, 2.45) is 0 Å². The van der Waals surface area contributed by atoms with Crippen LogP contribution in [-0.4, -0.2) is 0 Å². The van der Waals surface area contributed by atoms with Gasteiger partial charge in [0, 0.05) is 0 Å². The monoisotopic (exact) mass is 232 g/mol. The van der Waals surface area contributed by atoms with Crippen molar-refractivity contribution in [3.05, 3.63) is 78.4 Å². The molecule has 0 bridgehead atoms. The summed E-state index contributed by atoms with van der Waals surface area (Å²) >= 11 is 0. The van der Waals surface area contributed by atoms with Gasteiger partial charge in [0.05, 0.1) is 0 Å². The van der Waals surface area contributed by atoms with Crippen LogP contribution in [0.4, 0.5) is 0 Å². The zero-order valence-electron chi connectivity index (χ0n) is 10.3. The Bertz CT molecular complexity index is 588. The van der Waals surface area contributed by atoms with Crippen LogP contribution in [0.1, 0.15) is 18.4 Å². The first-order valence-electron chi connectivity index (χ1n) is 6.46. The number of hydrogen-bond acceptors (Lipinski definition) is 0. The van der Waals surface area contributed by atoms with Gasteiger partial charge in [-0.05, 0) is 41.2 Å². The second-order valence-corrected chi connectivity index (χ2v) is 4.59. The number of rotatable bonds is 2. The van der Waals surface area contributed by atoms with Gasteiger partial charge in [-0.2, -0.15) is 0 Å². The first-order chi connectivity index (χ1) is 8.93. The largest absolute Gasteiger partial charge is 0.0836 e. The molecule has 2 aromatic rings. The zero-order valence-corrected chi connectivity index (χ0v) is 10.3. The summed E-state index contributed by atoms with van der Waals surface area (Å²) in [5.74, 6) is 0. The lowest BCUT2D eigenvalue weighted by Gasteiger charge is -2.09. The van der Waals surface area contributed by atoms with Crippen molar-refractivity contribution in [2.75, 3.05) is 0 Å². The van der Waals surface area contributed by atoms with Crippen LogP contribution in [-0.2, 0) is 0 Å². The van der Waals surface area contributed by atoms with E-state index in [0.717, 1.165) is 6.42 Å². The van der Waals surface area contributed by atoms with E-state index in [2.05, 4.69) is 72.8 Å². The molecule has 0 nitrogen and oxygen atoms in total. The Morgan fingerprint density at radius 3 is 2.22 bits per heavy atom. The van der Waals surface area contributed by atoms with Gasteiger partial charge in [-0.15, -0.1) is 0 Å². The lowest BCUT2D eigenvalue weighted by molar-refractivity contribution is 1.04. The predicted molar refractivity (Wildman–Crippen MR) is 78.2 cm³/mol. The van der Waals surface area contributed by atoms with Crippen LogP contribution in [0.25, 0.3) is 16.7 Å². The molecule has 0 unspecified atom stereocenters. The molecule has 1 aliphatic rings. The van der Waals surface area contributed by atoms with E-state index in [1.54, 1.807) is 0 Å². The van der Waals surface area contributed by atoms with Crippen LogP contribution in [0, 0.1) is 0 Å². The second kappa shape index (κ2) is 5.05. The van der Waals surface area contributed by atoms with Crippen molar-refractivity contribution >= 4 is 5.57 Å². The molecule has 1 aliphatic carbocycles. The van der Waals surface area contributed by atoms with Gasteiger partial charge in [-0.1, -0.05) is 66.8 Å². The van der Waals surface area contributed by atoms with Crippen LogP contribution in [0.2, 0.25) is 0 Å². The molecule has 2 aromatic carbocycles. The van der Waals surface area contributed by atoms with E-state index >= 15 is 0 Å². The highest BCUT2D eigenvalue weighted by molar-refractivity contribution is 5.78. The van der Waals surface area contributed by atoms with Gasteiger partial charge in [-0.25, -0.2) is 0 Å². The summed E-state index contributed by atoms with van der Waals surface area (Å²) in [6.07, 6.45) is 9.13. The summed E-state index contributed by atoms with van der Waals surface area (Å²) in [4.78, 5) is 0. The van der Waals surface area contributed by atoms with E-state index in [0.29, 0.717) is 0 Å². The van der Waals surface area contributed by atoms with E-state index in [-0.39, 0.29) is 0 Å². The maximum absolute atomic E-state index is 2.32. The third-order valence-corrected chi connectivity index (χ3v) is 3.30. The number of allylic oxidation sites excluding steroid dienone is 4. The van der Waals surface area contributed by atoms with Crippen molar-refractivity contribution in [1.82, 2.24) is 0 Å². The molecule has 0 fully saturated rings. The summed E-state index contributed by atoms with van der Waals surface area (Å²) in [6.45, 7) is 0. The number of benzene rings is 2. The molecule has 0 saturated carbocycles. The topological polar surface area (TPSA) is 0 Å². The molecule has 0 aromatic heterocycles. The van der Waals surface area contributed by atoms with Gasteiger partial charge in [0.2, 0.25) is 0 Å². The maximum atomic E-state index is 2.32. The van der Waals surface area contributed by atoms with Crippen molar-refractivity contribution in [3.63, 3.8) is 0 Å². The molecule has 88 valence electrons. The van der Waals surface area contributed by atoms with Gasteiger partial charge < -0.3 is 0 Å². The van der Waals surface area contributed by atoms with Gasteiger partial charge in [0.1, 0.15) is 0 Å². The van der Waals surface area contributed by atoms with Crippen LogP contribution in [0.15, 0.2) is 72.8 Å². The second-order valence-electron chi connectivity index (χ2n) is 4.59. The minimum Gasteiger partial charge on any atom is -0.0836 e. The first-order valence-corrected chi connectivity index (χ1v) is 6.46. The molecule has 0 heteroatoms. The van der Waals surface area contributed by atoms with E-state index < -0.39 is 0 Å². The average Bonchev–Trinajstić information content (AvgIpc) is 2.49. The lowest BCUT2D eigenvalue weighted by atomic mass is 9.96. The average molecular weight is 232 g/mol. The molecule has 18 heavy (non-hydrogen) atoms. The van der Waals surface area contributed by atoms with Crippen LogP contribution >= 0.6 is 0 Å². The molecule has 0 radical (unpaired) electrons. The third-order valence-electron chi connectivity index (χ3n) is 3.30. The van der Waals surface area contributed by atoms with Crippen molar-refractivity contribution in [2.45, 2.75) is 12.8 Å². The minimum absolute atomic E-state index is 1.15. The Balaban J connectivity index is 1.99. The van der Waals surface area contributed by atoms with E-state index in [4.69, 9.17) is 0 Å². The van der Waals surface area contributed by atoms with Gasteiger partial charge in [0.25, 0.3) is 0 Å². The molecule has 0 amide bonds. The number of hydrogen-bond donors (Lipinski definition) is 0. The Hall–Kier alpha value is -2.08. The van der Waals surface area contributed by atoms with E-state index in [1.807, 2.05) is 0 Å². The van der Waals surface area contributed by atoms with Crippen molar-refractivity contribution < 1.29 is 0 Å². The summed E-state index contributed by atoms with van der Waals surface area (Å²) < 4.78 is 0. The Morgan fingerprint density at radius 1 is 0.667 bits per heavy atom. The molecule has 0 aliphatic heterocycles. The fourth-order valence-electron chi connectivity index (χ4n) is 2.34. The van der Waals surface area contributed by atoms with Crippen LogP contribution in [0.3, 0.4) is 0 Å². The van der Waals surface area contributed by atoms with Gasteiger partial charge >= 0.3 is 0 Å². The predicted octanol–water partition coefficient (Wildman–Crippen LogP) is 5.09. The normalized spacial score (nSPS) is 14.3. The zero-order chi connectivity index (χ0) is 12.2. The molecule has 0 spiro atoms. The Labute approximate surface area is 108 Å². The third kappa shape index (κ3) is 2.28. The Morgan fingerprint density at radius 2 is 1.44 bits per heavy atom. The molecule has 0 saturated heterocycles. The van der Waals surface area contributed by atoms with Crippen molar-refractivity contribution in [1.29, 1.82) is 0 Å². The van der Waals surface area contributed by atoms with E-state index in [9.17, 15) is 0 Å².